The molecule has 0 fully saturated rings. The van der Waals surface area contributed by atoms with Gasteiger partial charge >= 0.3 is 11.9 Å². The summed E-state index contributed by atoms with van der Waals surface area (Å²) in [5.74, 6) is -3.98. The molecule has 0 unspecified atom stereocenters. The van der Waals surface area contributed by atoms with E-state index in [9.17, 15) is 18.4 Å². The van der Waals surface area contributed by atoms with Gasteiger partial charge in [0.05, 0.1) is 31.3 Å². The van der Waals surface area contributed by atoms with Gasteiger partial charge in [0, 0.05) is 50.4 Å². The predicted octanol–water partition coefficient (Wildman–Crippen LogP) is 2.75. The minimum Gasteiger partial charge on any atom is -0.466 e. The summed E-state index contributed by atoms with van der Waals surface area (Å²) in [6.07, 6.45) is 0.921. The molecule has 0 N–H and O–H groups in total. The van der Waals surface area contributed by atoms with E-state index >= 15 is 0 Å². The van der Waals surface area contributed by atoms with E-state index in [4.69, 9.17) is 9.47 Å². The Bertz CT molecular complexity index is 887. The number of carbonyl (C=O) groups excluding carboxylic acids is 2. The van der Waals surface area contributed by atoms with E-state index in [2.05, 4.69) is 0 Å². The van der Waals surface area contributed by atoms with Crippen LogP contribution in [0.5, 0.6) is 0 Å². The maximum atomic E-state index is 14.3. The highest BCUT2D eigenvalue weighted by atomic mass is 19.1. The molecule has 0 aromatic heterocycles. The zero-order valence-electron chi connectivity index (χ0n) is 20.4. The van der Waals surface area contributed by atoms with Crippen molar-refractivity contribution in [3.05, 3.63) is 57.9 Å². The maximum absolute atomic E-state index is 14.3. The lowest BCUT2D eigenvalue weighted by Gasteiger charge is -2.38. The van der Waals surface area contributed by atoms with Gasteiger partial charge in [-0.05, 0) is 45.9 Å². The largest absolute Gasteiger partial charge is 0.466 e. The van der Waals surface area contributed by atoms with Gasteiger partial charge in [0.15, 0.2) is 0 Å². The first-order chi connectivity index (χ1) is 15.5. The monoisotopic (exact) mass is 465 g/mol. The molecule has 1 aliphatic heterocycles. The molecule has 0 radical (unpaired) electrons. The average Bonchev–Trinajstić information content (AvgIpc) is 2.74. The van der Waals surface area contributed by atoms with Gasteiger partial charge in [0.1, 0.15) is 11.6 Å². The summed E-state index contributed by atoms with van der Waals surface area (Å²) in [4.78, 5) is 31.9. The molecule has 0 saturated carbocycles. The molecule has 2 rings (SSSR count). The van der Waals surface area contributed by atoms with E-state index in [1.54, 1.807) is 7.05 Å². The highest BCUT2D eigenvalue weighted by Crippen LogP contribution is 2.44. The van der Waals surface area contributed by atoms with Gasteiger partial charge in [0.25, 0.3) is 0 Å². The molecule has 0 atom stereocenters. The lowest BCUT2D eigenvalue weighted by Crippen LogP contribution is -2.36. The summed E-state index contributed by atoms with van der Waals surface area (Å²) < 4.78 is 38.7. The smallest absolute Gasteiger partial charge is 0.336 e. The SMILES string of the molecule is COC(=O)C1=C(CCN(C)C)N(C)C(CCN(C)C)=C(C(=O)OC)C1c1cc(F)cc(F)c1. The van der Waals surface area contributed by atoms with Gasteiger partial charge in [-0.2, -0.15) is 0 Å². The van der Waals surface area contributed by atoms with Crippen molar-refractivity contribution in [3.63, 3.8) is 0 Å². The molecular weight excluding hydrogens is 432 g/mol. The molecule has 0 aliphatic carbocycles. The van der Waals surface area contributed by atoms with Crippen molar-refractivity contribution in [1.82, 2.24) is 14.7 Å². The van der Waals surface area contributed by atoms with Crippen LogP contribution in [-0.2, 0) is 19.1 Å². The van der Waals surface area contributed by atoms with Crippen molar-refractivity contribution < 1.29 is 27.8 Å². The topological polar surface area (TPSA) is 62.3 Å². The third kappa shape index (κ3) is 6.17. The van der Waals surface area contributed by atoms with E-state index in [0.29, 0.717) is 37.3 Å². The number of rotatable bonds is 9. The van der Waals surface area contributed by atoms with Crippen molar-refractivity contribution in [3.8, 4) is 0 Å². The lowest BCUT2D eigenvalue weighted by molar-refractivity contribution is -0.137. The van der Waals surface area contributed by atoms with E-state index < -0.39 is 29.5 Å². The Balaban J connectivity index is 2.88. The number of hydrogen-bond donors (Lipinski definition) is 0. The number of benzene rings is 1. The highest BCUT2D eigenvalue weighted by Gasteiger charge is 2.41. The second-order valence-corrected chi connectivity index (χ2v) is 8.51. The van der Waals surface area contributed by atoms with Gasteiger partial charge in [0.2, 0.25) is 0 Å². The lowest BCUT2D eigenvalue weighted by atomic mass is 9.78. The van der Waals surface area contributed by atoms with Crippen LogP contribution in [0.1, 0.15) is 24.3 Å². The Kier molecular flexibility index (Phi) is 9.13. The van der Waals surface area contributed by atoms with Gasteiger partial charge in [-0.1, -0.05) is 0 Å². The van der Waals surface area contributed by atoms with Crippen LogP contribution in [0.2, 0.25) is 0 Å². The number of nitrogens with zero attached hydrogens (tertiary/aromatic N) is 3. The van der Waals surface area contributed by atoms with E-state index in [0.717, 1.165) is 18.2 Å². The van der Waals surface area contributed by atoms with Crippen LogP contribution >= 0.6 is 0 Å². The van der Waals surface area contributed by atoms with Gasteiger partial charge < -0.3 is 24.2 Å². The van der Waals surface area contributed by atoms with Gasteiger partial charge in [-0.25, -0.2) is 18.4 Å². The summed E-state index contributed by atoms with van der Waals surface area (Å²) in [7, 11) is 11.9. The van der Waals surface area contributed by atoms with Gasteiger partial charge in [-0.3, -0.25) is 0 Å². The van der Waals surface area contributed by atoms with Crippen molar-refractivity contribution in [2.75, 3.05) is 62.5 Å². The fourth-order valence-electron chi connectivity index (χ4n) is 4.03. The van der Waals surface area contributed by atoms with Crippen molar-refractivity contribution >= 4 is 11.9 Å². The number of ether oxygens (including phenoxy) is 2. The summed E-state index contributed by atoms with van der Waals surface area (Å²) in [5.41, 5.74) is 1.74. The summed E-state index contributed by atoms with van der Waals surface area (Å²) in [5, 5.41) is 0. The third-order valence-electron chi connectivity index (χ3n) is 5.63. The van der Waals surface area contributed by atoms with Crippen LogP contribution in [-0.4, -0.2) is 89.2 Å². The summed E-state index contributed by atoms with van der Waals surface area (Å²) in [6.45, 7) is 1.22. The summed E-state index contributed by atoms with van der Waals surface area (Å²) >= 11 is 0. The first-order valence-electron chi connectivity index (χ1n) is 10.6. The minimum atomic E-state index is -1.04. The van der Waals surface area contributed by atoms with Crippen LogP contribution in [0.25, 0.3) is 0 Å². The third-order valence-corrected chi connectivity index (χ3v) is 5.63. The normalized spacial score (nSPS) is 15.1. The Morgan fingerprint density at radius 1 is 0.848 bits per heavy atom. The minimum absolute atomic E-state index is 0.145. The maximum Gasteiger partial charge on any atom is 0.336 e. The van der Waals surface area contributed by atoms with E-state index in [1.807, 2.05) is 42.9 Å². The van der Waals surface area contributed by atoms with Crippen LogP contribution in [0.3, 0.4) is 0 Å². The molecule has 33 heavy (non-hydrogen) atoms. The average molecular weight is 466 g/mol. The fourth-order valence-corrected chi connectivity index (χ4v) is 4.03. The molecule has 9 heteroatoms. The molecule has 0 amide bonds. The molecule has 1 aromatic carbocycles. The van der Waals surface area contributed by atoms with Crippen LogP contribution in [0.4, 0.5) is 8.78 Å². The molecule has 1 heterocycles. The molecule has 0 bridgehead atoms. The van der Waals surface area contributed by atoms with Crippen LogP contribution in [0, 0.1) is 11.6 Å². The number of methoxy groups -OCH3 is 2. The quantitative estimate of drug-likeness (QED) is 0.520. The summed E-state index contributed by atoms with van der Waals surface area (Å²) in [6, 6.07) is 3.03. The number of hydrogen-bond acceptors (Lipinski definition) is 7. The number of esters is 2. The Labute approximate surface area is 194 Å². The zero-order valence-corrected chi connectivity index (χ0v) is 20.4. The molecule has 7 nitrogen and oxygen atoms in total. The Morgan fingerprint density at radius 3 is 1.58 bits per heavy atom. The molecular formula is C24H33F2N3O4. The van der Waals surface area contributed by atoms with Crippen molar-refractivity contribution in [2.24, 2.45) is 0 Å². The molecule has 182 valence electrons. The van der Waals surface area contributed by atoms with E-state index in [-0.39, 0.29) is 16.7 Å². The Morgan fingerprint density at radius 2 is 1.24 bits per heavy atom. The second kappa shape index (κ2) is 11.4. The van der Waals surface area contributed by atoms with Gasteiger partial charge in [-0.15, -0.1) is 0 Å². The molecule has 1 aromatic rings. The fraction of sp³-hybridized carbons (Fsp3) is 0.500. The number of halogens is 2. The first-order valence-corrected chi connectivity index (χ1v) is 10.6. The van der Waals surface area contributed by atoms with E-state index in [1.165, 1.54) is 14.2 Å². The zero-order chi connectivity index (χ0) is 24.9. The second-order valence-electron chi connectivity index (χ2n) is 8.51. The van der Waals surface area contributed by atoms with Crippen LogP contribution < -0.4 is 0 Å². The number of carbonyl (C=O) groups is 2. The predicted molar refractivity (Wildman–Crippen MR) is 121 cm³/mol. The van der Waals surface area contributed by atoms with Crippen molar-refractivity contribution in [1.29, 1.82) is 0 Å². The Hall–Kier alpha value is -2.78. The molecule has 1 aliphatic rings. The molecule has 0 saturated heterocycles. The standard InChI is InChI=1S/C24H33F2N3O4/c1-27(2)10-8-18-21(23(30)32-6)20(15-12-16(25)14-17(26)13-15)22(24(31)33-7)19(29(18)5)9-11-28(3)4/h12-14,20H,8-11H2,1-7H3. The molecule has 0 spiro atoms. The first kappa shape index (κ1) is 26.5. The highest BCUT2D eigenvalue weighted by molar-refractivity contribution is 6.00. The van der Waals surface area contributed by atoms with Crippen molar-refractivity contribution in [2.45, 2.75) is 18.8 Å². The van der Waals surface area contributed by atoms with Crippen LogP contribution in [0.15, 0.2) is 40.7 Å².